The van der Waals surface area contributed by atoms with E-state index in [4.69, 9.17) is 5.11 Å². The SMILES string of the molecule is CC1(C)CCC(C)(C)c2cc(CSC3=NCCS3)c(C=Cc3ccc(C(=O)O)cc3)cc21. The third-order valence-corrected chi connectivity index (χ3v) is 8.94. The molecule has 1 aliphatic heterocycles. The number of carbonyl (C=O) groups is 1. The molecule has 0 saturated carbocycles. The zero-order valence-corrected chi connectivity index (χ0v) is 20.9. The van der Waals surface area contributed by atoms with Crippen LogP contribution in [0.2, 0.25) is 0 Å². The van der Waals surface area contributed by atoms with Gasteiger partial charge in [0.25, 0.3) is 0 Å². The average Bonchev–Trinajstić information content (AvgIpc) is 3.28. The molecular formula is C27H31NO2S2. The molecular weight excluding hydrogens is 434 g/mol. The first kappa shape index (κ1) is 23.2. The number of fused-ring (bicyclic) bond motifs is 1. The van der Waals surface area contributed by atoms with E-state index < -0.39 is 5.97 Å². The zero-order chi connectivity index (χ0) is 22.9. The Morgan fingerprint density at radius 3 is 2.31 bits per heavy atom. The maximum Gasteiger partial charge on any atom is 0.335 e. The van der Waals surface area contributed by atoms with E-state index in [9.17, 15) is 4.79 Å². The van der Waals surface area contributed by atoms with Gasteiger partial charge in [-0.05, 0) is 63.6 Å². The van der Waals surface area contributed by atoms with Crippen molar-refractivity contribution in [3.63, 3.8) is 0 Å². The van der Waals surface area contributed by atoms with Gasteiger partial charge >= 0.3 is 5.97 Å². The number of carboxylic acid groups (broad SMARTS) is 1. The molecule has 1 N–H and O–H groups in total. The van der Waals surface area contributed by atoms with Crippen molar-refractivity contribution in [2.24, 2.45) is 4.99 Å². The first-order chi connectivity index (χ1) is 15.2. The fraction of sp³-hybridized carbons (Fsp3) is 0.407. The molecule has 0 fully saturated rings. The van der Waals surface area contributed by atoms with Crippen LogP contribution < -0.4 is 0 Å². The molecule has 4 rings (SSSR count). The van der Waals surface area contributed by atoms with Crippen molar-refractivity contribution in [1.29, 1.82) is 0 Å². The highest BCUT2D eigenvalue weighted by molar-refractivity contribution is 8.38. The predicted molar refractivity (Wildman–Crippen MR) is 140 cm³/mol. The third-order valence-electron chi connectivity index (χ3n) is 6.63. The summed E-state index contributed by atoms with van der Waals surface area (Å²) in [7, 11) is 0. The normalized spacial score (nSPS) is 19.1. The van der Waals surface area contributed by atoms with Crippen molar-refractivity contribution in [2.45, 2.75) is 57.1 Å². The Morgan fingerprint density at radius 1 is 1.06 bits per heavy atom. The molecule has 5 heteroatoms. The number of hydrogen-bond acceptors (Lipinski definition) is 4. The topological polar surface area (TPSA) is 49.7 Å². The molecule has 0 unspecified atom stereocenters. The molecule has 0 radical (unpaired) electrons. The van der Waals surface area contributed by atoms with E-state index in [1.165, 1.54) is 39.5 Å². The van der Waals surface area contributed by atoms with Crippen molar-refractivity contribution >= 4 is 46.0 Å². The van der Waals surface area contributed by atoms with E-state index in [0.717, 1.165) is 23.6 Å². The van der Waals surface area contributed by atoms with Crippen molar-refractivity contribution in [2.75, 3.05) is 12.3 Å². The van der Waals surface area contributed by atoms with Crippen LogP contribution >= 0.6 is 23.5 Å². The van der Waals surface area contributed by atoms with Gasteiger partial charge in [-0.2, -0.15) is 0 Å². The predicted octanol–water partition coefficient (Wildman–Crippen LogP) is 7.24. The highest BCUT2D eigenvalue weighted by Gasteiger charge is 2.37. The Labute approximate surface area is 199 Å². The second kappa shape index (κ2) is 9.11. The van der Waals surface area contributed by atoms with Crippen LogP contribution in [-0.4, -0.2) is 27.7 Å². The number of hydrogen-bond donors (Lipinski definition) is 1. The summed E-state index contributed by atoms with van der Waals surface area (Å²) in [5.74, 6) is 1.10. The van der Waals surface area contributed by atoms with Gasteiger partial charge in [0.05, 0.1) is 12.1 Å². The van der Waals surface area contributed by atoms with Gasteiger partial charge in [0.15, 0.2) is 0 Å². The number of carboxylic acids is 1. The van der Waals surface area contributed by atoms with Crippen LogP contribution in [0, 0.1) is 0 Å². The Kier molecular flexibility index (Phi) is 6.60. The molecule has 1 heterocycles. The third kappa shape index (κ3) is 4.99. The Bertz CT molecular complexity index is 1080. The molecule has 0 amide bonds. The maximum absolute atomic E-state index is 11.1. The van der Waals surface area contributed by atoms with E-state index in [1.807, 2.05) is 35.7 Å². The number of rotatable bonds is 5. The van der Waals surface area contributed by atoms with Gasteiger partial charge in [-0.25, -0.2) is 4.79 Å². The summed E-state index contributed by atoms with van der Waals surface area (Å²) in [6.07, 6.45) is 6.67. The summed E-state index contributed by atoms with van der Waals surface area (Å²) in [6.45, 7) is 10.4. The highest BCUT2D eigenvalue weighted by Crippen LogP contribution is 2.47. The quantitative estimate of drug-likeness (QED) is 0.473. The molecule has 0 aromatic heterocycles. The number of thioether (sulfide) groups is 2. The molecule has 2 aromatic carbocycles. The van der Waals surface area contributed by atoms with Gasteiger partial charge < -0.3 is 5.11 Å². The first-order valence-corrected chi connectivity index (χ1v) is 13.1. The molecule has 2 aromatic rings. The minimum atomic E-state index is -0.896. The summed E-state index contributed by atoms with van der Waals surface area (Å²) in [6, 6.07) is 11.9. The van der Waals surface area contributed by atoms with Gasteiger partial charge in [0.2, 0.25) is 0 Å². The fourth-order valence-corrected chi connectivity index (χ4v) is 6.43. The summed E-state index contributed by atoms with van der Waals surface area (Å²) < 4.78 is 1.20. The van der Waals surface area contributed by atoms with Gasteiger partial charge in [0.1, 0.15) is 4.38 Å². The lowest BCUT2D eigenvalue weighted by Crippen LogP contribution is -2.34. The Hall–Kier alpha value is -1.98. The minimum absolute atomic E-state index is 0.160. The van der Waals surface area contributed by atoms with Crippen LogP contribution in [0.4, 0.5) is 0 Å². The smallest absolute Gasteiger partial charge is 0.335 e. The van der Waals surface area contributed by atoms with E-state index in [0.29, 0.717) is 5.56 Å². The van der Waals surface area contributed by atoms with E-state index in [2.05, 4.69) is 57.0 Å². The van der Waals surface area contributed by atoms with Gasteiger partial charge in [-0.15, -0.1) is 0 Å². The lowest BCUT2D eigenvalue weighted by atomic mass is 9.62. The maximum atomic E-state index is 11.1. The molecule has 0 spiro atoms. The molecule has 168 valence electrons. The molecule has 3 nitrogen and oxygen atoms in total. The summed E-state index contributed by atoms with van der Waals surface area (Å²) >= 11 is 3.70. The standard InChI is InChI=1S/C27H31NO2S2/c1-26(2)11-12-27(3,4)23-16-21(17-32-25-28-13-14-31-25)20(15-22(23)26)10-7-18-5-8-19(9-6-18)24(29)30/h5-10,15-16H,11-14,17H2,1-4H3,(H,29,30). The number of nitrogens with zero attached hydrogens (tertiary/aromatic N) is 1. The van der Waals surface area contributed by atoms with Crippen LogP contribution in [0.25, 0.3) is 12.2 Å². The second-order valence-corrected chi connectivity index (χ2v) is 12.2. The molecule has 32 heavy (non-hydrogen) atoms. The number of aromatic carboxylic acids is 1. The Balaban J connectivity index is 1.72. The zero-order valence-electron chi connectivity index (χ0n) is 19.3. The second-order valence-electron chi connectivity index (χ2n) is 9.91. The lowest BCUT2D eigenvalue weighted by molar-refractivity contribution is 0.0697. The lowest BCUT2D eigenvalue weighted by Gasteiger charge is -2.42. The average molecular weight is 466 g/mol. The fourth-order valence-electron chi connectivity index (χ4n) is 4.42. The summed E-state index contributed by atoms with van der Waals surface area (Å²) in [5, 5.41) is 9.14. The van der Waals surface area contributed by atoms with Crippen LogP contribution in [0.15, 0.2) is 41.4 Å². The van der Waals surface area contributed by atoms with Crippen LogP contribution in [0.1, 0.15) is 78.7 Å². The van der Waals surface area contributed by atoms with Crippen molar-refractivity contribution in [1.82, 2.24) is 0 Å². The van der Waals surface area contributed by atoms with Gasteiger partial charge in [0, 0.05) is 11.5 Å². The van der Waals surface area contributed by atoms with Crippen LogP contribution in [0.3, 0.4) is 0 Å². The van der Waals surface area contributed by atoms with E-state index in [1.54, 1.807) is 12.1 Å². The highest BCUT2D eigenvalue weighted by atomic mass is 32.2. The monoisotopic (exact) mass is 465 g/mol. The van der Waals surface area contributed by atoms with E-state index in [-0.39, 0.29) is 10.8 Å². The molecule has 0 saturated heterocycles. The van der Waals surface area contributed by atoms with Gasteiger partial charge in [-0.3, -0.25) is 4.99 Å². The number of benzene rings is 2. The van der Waals surface area contributed by atoms with Crippen molar-refractivity contribution in [3.8, 4) is 0 Å². The van der Waals surface area contributed by atoms with Gasteiger partial charge in [-0.1, -0.05) is 87.6 Å². The van der Waals surface area contributed by atoms with Crippen LogP contribution in [-0.2, 0) is 16.6 Å². The molecule has 0 bridgehead atoms. The largest absolute Gasteiger partial charge is 0.478 e. The van der Waals surface area contributed by atoms with Crippen LogP contribution in [0.5, 0.6) is 0 Å². The van der Waals surface area contributed by atoms with Crippen molar-refractivity contribution in [3.05, 3.63) is 69.8 Å². The first-order valence-electron chi connectivity index (χ1n) is 11.2. The van der Waals surface area contributed by atoms with E-state index >= 15 is 0 Å². The molecule has 0 atom stereocenters. The Morgan fingerprint density at radius 2 is 1.72 bits per heavy atom. The number of aliphatic imine (C=N–C) groups is 1. The summed E-state index contributed by atoms with van der Waals surface area (Å²) in [5.41, 5.74) is 7.17. The molecule has 1 aliphatic carbocycles. The molecule has 2 aliphatic rings. The summed E-state index contributed by atoms with van der Waals surface area (Å²) in [4.78, 5) is 15.7. The minimum Gasteiger partial charge on any atom is -0.478 e. The van der Waals surface area contributed by atoms with Crippen molar-refractivity contribution < 1.29 is 9.90 Å².